The van der Waals surface area contributed by atoms with Gasteiger partial charge in [-0.05, 0) is 58.0 Å². The number of piperidine rings is 1. The number of hydrogen-bond acceptors (Lipinski definition) is 2. The van der Waals surface area contributed by atoms with Gasteiger partial charge in [-0.25, -0.2) is 0 Å². The van der Waals surface area contributed by atoms with E-state index >= 15 is 0 Å². The van der Waals surface area contributed by atoms with Crippen molar-refractivity contribution in [2.45, 2.75) is 44.8 Å². The van der Waals surface area contributed by atoms with Crippen molar-refractivity contribution in [2.75, 3.05) is 13.6 Å². The smallest absolute Gasteiger partial charge is 0.0305 e. The average molecular weight is 390 g/mol. The summed E-state index contributed by atoms with van der Waals surface area (Å²) in [6.07, 6.45) is 2.47. The molecule has 1 fully saturated rings. The molecule has 0 aliphatic carbocycles. The highest BCUT2D eigenvalue weighted by Gasteiger charge is 2.24. The minimum Gasteiger partial charge on any atom is -0.307 e. The lowest BCUT2D eigenvalue weighted by atomic mass is 9.97. The van der Waals surface area contributed by atoms with Crippen molar-refractivity contribution < 1.29 is 0 Å². The van der Waals surface area contributed by atoms with Gasteiger partial charge in [0, 0.05) is 27.1 Å². The summed E-state index contributed by atoms with van der Waals surface area (Å²) in [5.41, 5.74) is 1.33. The number of nitrogens with zero attached hydrogens (tertiary/aromatic N) is 1. The Bertz CT molecular complexity index is 436. The Morgan fingerprint density at radius 3 is 2.74 bits per heavy atom. The van der Waals surface area contributed by atoms with E-state index in [0.29, 0.717) is 18.1 Å². The number of rotatable bonds is 3. The minimum absolute atomic E-state index is 0.378. The predicted molar refractivity (Wildman–Crippen MR) is 88.5 cm³/mol. The van der Waals surface area contributed by atoms with Crippen LogP contribution in [0.2, 0.25) is 0 Å². The van der Waals surface area contributed by atoms with Gasteiger partial charge in [0.25, 0.3) is 0 Å². The van der Waals surface area contributed by atoms with E-state index in [1.54, 1.807) is 0 Å². The molecule has 1 saturated heterocycles. The molecule has 106 valence electrons. The van der Waals surface area contributed by atoms with Crippen molar-refractivity contribution in [1.82, 2.24) is 10.2 Å². The van der Waals surface area contributed by atoms with Gasteiger partial charge in [-0.2, -0.15) is 0 Å². The second-order valence-corrected chi connectivity index (χ2v) is 7.38. The van der Waals surface area contributed by atoms with E-state index in [1.165, 1.54) is 29.4 Å². The highest BCUT2D eigenvalue weighted by atomic mass is 79.9. The number of benzene rings is 1. The van der Waals surface area contributed by atoms with Gasteiger partial charge in [-0.1, -0.05) is 37.9 Å². The maximum atomic E-state index is 3.77. The van der Waals surface area contributed by atoms with Crippen LogP contribution in [0, 0.1) is 0 Å². The second-order valence-electron chi connectivity index (χ2n) is 5.61. The predicted octanol–water partition coefficient (Wildman–Crippen LogP) is 4.34. The lowest BCUT2D eigenvalue weighted by molar-refractivity contribution is 0.163. The lowest BCUT2D eigenvalue weighted by Crippen LogP contribution is -2.46. The van der Waals surface area contributed by atoms with Crippen LogP contribution in [-0.4, -0.2) is 30.6 Å². The molecule has 1 aliphatic rings. The molecule has 0 amide bonds. The molecule has 3 unspecified atom stereocenters. The fourth-order valence-corrected chi connectivity index (χ4v) is 4.13. The van der Waals surface area contributed by atoms with Crippen LogP contribution in [0.25, 0.3) is 0 Å². The quantitative estimate of drug-likeness (QED) is 0.826. The van der Waals surface area contributed by atoms with Crippen LogP contribution in [0.3, 0.4) is 0 Å². The van der Waals surface area contributed by atoms with Crippen LogP contribution in [0.4, 0.5) is 0 Å². The summed E-state index contributed by atoms with van der Waals surface area (Å²) in [5, 5.41) is 3.77. The first-order valence-corrected chi connectivity index (χ1v) is 8.47. The molecule has 0 spiro atoms. The monoisotopic (exact) mass is 388 g/mol. The van der Waals surface area contributed by atoms with Gasteiger partial charge in [0.1, 0.15) is 0 Å². The molecular weight excluding hydrogens is 368 g/mol. The first-order chi connectivity index (χ1) is 8.97. The molecule has 1 aliphatic heterocycles. The summed E-state index contributed by atoms with van der Waals surface area (Å²) >= 11 is 7.16. The van der Waals surface area contributed by atoms with E-state index in [9.17, 15) is 0 Å². The van der Waals surface area contributed by atoms with Gasteiger partial charge in [0.2, 0.25) is 0 Å². The number of likely N-dealkylation sites (tertiary alicyclic amines) is 1. The molecule has 2 rings (SSSR count). The van der Waals surface area contributed by atoms with Crippen molar-refractivity contribution in [1.29, 1.82) is 0 Å². The number of halogens is 2. The van der Waals surface area contributed by atoms with Gasteiger partial charge in [0.05, 0.1) is 0 Å². The molecule has 0 radical (unpaired) electrons. The third-order valence-electron chi connectivity index (χ3n) is 4.12. The summed E-state index contributed by atoms with van der Waals surface area (Å²) in [6.45, 7) is 5.75. The molecular formula is C15H22Br2N2. The molecule has 1 N–H and O–H groups in total. The van der Waals surface area contributed by atoms with Crippen LogP contribution in [0.15, 0.2) is 27.1 Å². The molecule has 0 saturated carbocycles. The highest BCUT2D eigenvalue weighted by molar-refractivity contribution is 9.11. The van der Waals surface area contributed by atoms with Crippen LogP contribution in [0.5, 0.6) is 0 Å². The van der Waals surface area contributed by atoms with Crippen molar-refractivity contribution in [3.63, 3.8) is 0 Å². The molecule has 19 heavy (non-hydrogen) atoms. The summed E-state index contributed by atoms with van der Waals surface area (Å²) in [6, 6.07) is 8.08. The molecule has 1 aromatic carbocycles. The Morgan fingerprint density at radius 2 is 2.11 bits per heavy atom. The molecule has 1 heterocycles. The van der Waals surface area contributed by atoms with Gasteiger partial charge >= 0.3 is 0 Å². The fourth-order valence-electron chi connectivity index (χ4n) is 2.74. The average Bonchev–Trinajstić information content (AvgIpc) is 2.33. The molecule has 1 aromatic rings. The Hall–Kier alpha value is 0.1000. The van der Waals surface area contributed by atoms with E-state index in [0.717, 1.165) is 4.47 Å². The first kappa shape index (κ1) is 15.5. The minimum atomic E-state index is 0.378. The van der Waals surface area contributed by atoms with Gasteiger partial charge in [0.15, 0.2) is 0 Å². The Morgan fingerprint density at radius 1 is 1.37 bits per heavy atom. The molecule has 3 atom stereocenters. The van der Waals surface area contributed by atoms with E-state index in [1.807, 2.05) is 0 Å². The zero-order valence-electron chi connectivity index (χ0n) is 11.8. The summed E-state index contributed by atoms with van der Waals surface area (Å²) in [5.74, 6) is 0. The van der Waals surface area contributed by atoms with E-state index < -0.39 is 0 Å². The van der Waals surface area contributed by atoms with Crippen molar-refractivity contribution in [3.8, 4) is 0 Å². The van der Waals surface area contributed by atoms with Gasteiger partial charge in [-0.3, -0.25) is 0 Å². The van der Waals surface area contributed by atoms with Crippen molar-refractivity contribution >= 4 is 31.9 Å². The van der Waals surface area contributed by atoms with Gasteiger partial charge in [-0.15, -0.1) is 0 Å². The van der Waals surface area contributed by atoms with Crippen LogP contribution >= 0.6 is 31.9 Å². The lowest BCUT2D eigenvalue weighted by Gasteiger charge is -2.37. The maximum absolute atomic E-state index is 3.77. The molecule has 4 heteroatoms. The summed E-state index contributed by atoms with van der Waals surface area (Å²) in [4.78, 5) is 2.44. The van der Waals surface area contributed by atoms with E-state index in [2.05, 4.69) is 81.2 Å². The normalized spacial score (nSPS) is 26.4. The van der Waals surface area contributed by atoms with Crippen LogP contribution < -0.4 is 5.32 Å². The Balaban J connectivity index is 1.99. The van der Waals surface area contributed by atoms with Gasteiger partial charge < -0.3 is 10.2 Å². The summed E-state index contributed by atoms with van der Waals surface area (Å²) in [7, 11) is 2.22. The molecule has 0 aromatic heterocycles. The third-order valence-corrected chi connectivity index (χ3v) is 5.30. The highest BCUT2D eigenvalue weighted by Crippen LogP contribution is 2.28. The maximum Gasteiger partial charge on any atom is 0.0305 e. The summed E-state index contributed by atoms with van der Waals surface area (Å²) < 4.78 is 2.28. The molecule has 0 bridgehead atoms. The number of hydrogen-bond donors (Lipinski definition) is 1. The zero-order chi connectivity index (χ0) is 14.0. The fraction of sp³-hybridized carbons (Fsp3) is 0.600. The van der Waals surface area contributed by atoms with Crippen molar-refractivity contribution in [2.24, 2.45) is 0 Å². The Labute approximate surface area is 133 Å². The van der Waals surface area contributed by atoms with E-state index in [4.69, 9.17) is 0 Å². The zero-order valence-corrected chi connectivity index (χ0v) is 15.0. The third kappa shape index (κ3) is 4.03. The molecule has 2 nitrogen and oxygen atoms in total. The SMILES string of the molecule is CC(NC1CCN(C)C(C)C1)c1ccc(Br)cc1Br. The standard InChI is InChI=1S/C15H22Br2N2/c1-10-8-13(6-7-19(10)3)18-11(2)14-5-4-12(16)9-15(14)17/h4-5,9-11,13,18H,6-8H2,1-3H3. The second kappa shape index (κ2) is 6.70. The topological polar surface area (TPSA) is 15.3 Å². The van der Waals surface area contributed by atoms with Crippen molar-refractivity contribution in [3.05, 3.63) is 32.7 Å². The number of nitrogens with one attached hydrogen (secondary N) is 1. The van der Waals surface area contributed by atoms with E-state index in [-0.39, 0.29) is 0 Å². The van der Waals surface area contributed by atoms with Crippen LogP contribution in [-0.2, 0) is 0 Å². The van der Waals surface area contributed by atoms with Crippen LogP contribution in [0.1, 0.15) is 38.3 Å². The largest absolute Gasteiger partial charge is 0.307 e. The Kier molecular flexibility index (Phi) is 5.46. The first-order valence-electron chi connectivity index (χ1n) is 6.88.